The van der Waals surface area contributed by atoms with E-state index in [-0.39, 0.29) is 19.4 Å². The fourth-order valence-electron chi connectivity index (χ4n) is 9.75. The number of carbonyl (C=O) groups excluding carboxylic acids is 2. The maximum Gasteiger partial charge on any atom is 0.306 e. The van der Waals surface area contributed by atoms with Crippen LogP contribution in [0.25, 0.3) is 0 Å². The lowest BCUT2D eigenvalue weighted by molar-refractivity contribution is -0.305. The summed E-state index contributed by atoms with van der Waals surface area (Å²) in [5, 5.41) is 57.1. The van der Waals surface area contributed by atoms with E-state index in [9.17, 15) is 35.1 Å². The van der Waals surface area contributed by atoms with Gasteiger partial charge in [-0.1, -0.05) is 284 Å². The van der Waals surface area contributed by atoms with Crippen LogP contribution in [0.3, 0.4) is 0 Å². The second-order valence-corrected chi connectivity index (χ2v) is 22.5. The van der Waals surface area contributed by atoms with Crippen molar-refractivity contribution in [3.63, 3.8) is 0 Å². The van der Waals surface area contributed by atoms with Crippen LogP contribution in [0.1, 0.15) is 258 Å². The van der Waals surface area contributed by atoms with Crippen molar-refractivity contribution in [2.45, 2.75) is 307 Å². The van der Waals surface area contributed by atoms with Crippen molar-refractivity contribution < 1.29 is 49.3 Å². The minimum absolute atomic E-state index is 0.110. The fraction of sp³-hybridized carbons (Fsp3) is 0.694. The molecule has 1 aliphatic heterocycles. The molecule has 1 saturated heterocycles. The highest BCUT2D eigenvalue weighted by atomic mass is 16.7. The normalized spacial score (nSPS) is 19.3. The van der Waals surface area contributed by atoms with Gasteiger partial charge in [0.2, 0.25) is 5.91 Å². The third-order valence-electron chi connectivity index (χ3n) is 15.0. The molecular formula is C72H121NO10. The zero-order valence-electron chi connectivity index (χ0n) is 52.5. The quantitative estimate of drug-likeness (QED) is 0.0149. The molecule has 8 unspecified atom stereocenters. The van der Waals surface area contributed by atoms with E-state index in [1.54, 1.807) is 6.08 Å². The Morgan fingerprint density at radius 2 is 0.928 bits per heavy atom. The molecule has 8 atom stereocenters. The molecule has 474 valence electrons. The summed E-state index contributed by atoms with van der Waals surface area (Å²) in [6, 6.07) is -1.04. The SMILES string of the molecule is CC/C=C\C/C=C\C/C=C\C/C=C\C/C=C\CCCCCCCCCCCCCC(=O)OC1C(OCC(NC(=O)C(O)CCCCCC\C=C/C=C/C=C/C=C/CC)C(O)/C=C/CCCCCCCCCCCCC)OC(CO)C(O)C1O. The van der Waals surface area contributed by atoms with Crippen LogP contribution in [0.4, 0.5) is 0 Å². The topological polar surface area (TPSA) is 175 Å². The number of rotatable bonds is 55. The minimum Gasteiger partial charge on any atom is -0.454 e. The van der Waals surface area contributed by atoms with E-state index in [0.29, 0.717) is 12.8 Å². The maximum atomic E-state index is 13.4. The summed E-state index contributed by atoms with van der Waals surface area (Å²) in [5.74, 6) is -1.23. The minimum atomic E-state index is -1.63. The maximum absolute atomic E-state index is 13.4. The molecule has 0 aliphatic carbocycles. The zero-order chi connectivity index (χ0) is 60.3. The molecule has 1 heterocycles. The number of nitrogens with one attached hydrogen (secondary N) is 1. The summed E-state index contributed by atoms with van der Waals surface area (Å²) in [6.07, 6.45) is 70.9. The van der Waals surface area contributed by atoms with Gasteiger partial charge in [-0.2, -0.15) is 0 Å². The molecule has 1 amide bonds. The van der Waals surface area contributed by atoms with Gasteiger partial charge in [0.25, 0.3) is 0 Å². The van der Waals surface area contributed by atoms with Crippen molar-refractivity contribution in [3.8, 4) is 0 Å². The molecule has 1 rings (SSSR count). The number of hydrogen-bond acceptors (Lipinski definition) is 10. The molecule has 83 heavy (non-hydrogen) atoms. The van der Waals surface area contributed by atoms with Crippen LogP contribution in [0.15, 0.2) is 122 Å². The Bertz CT molecular complexity index is 1810. The Morgan fingerprint density at radius 1 is 0.494 bits per heavy atom. The first kappa shape index (κ1) is 77.1. The average Bonchev–Trinajstić information content (AvgIpc) is 3.61. The molecule has 6 N–H and O–H groups in total. The van der Waals surface area contributed by atoms with Crippen molar-refractivity contribution >= 4 is 11.9 Å². The molecule has 0 aromatic rings. The smallest absolute Gasteiger partial charge is 0.306 e. The molecule has 0 aromatic carbocycles. The number of ether oxygens (including phenoxy) is 3. The van der Waals surface area contributed by atoms with Crippen LogP contribution in [0, 0.1) is 0 Å². The zero-order valence-corrected chi connectivity index (χ0v) is 52.5. The number of aliphatic hydroxyl groups excluding tert-OH is 5. The van der Waals surface area contributed by atoms with Gasteiger partial charge in [-0.3, -0.25) is 9.59 Å². The standard InChI is InChI=1S/C72H121NO10/c1-4-7-10-13-16-19-22-25-27-28-29-30-31-32-33-34-35-36-37-38-39-42-45-48-51-54-57-60-67(77)83-70-69(79)68(78)66(61-74)82-72(70)81-62-63(64(75)58-55-52-49-46-43-40-24-21-18-15-12-9-6-3)73-71(80)65(76)59-56-53-50-47-44-41-26-23-20-17-14-11-8-5-2/h7-8,10-11,14,16-17,19-20,23,25-27,29-30,32-33,41,55,58,63-66,68-70,72,74-76,78-79H,4-6,9,12-13,15,18,21-22,24,28,31,34-40,42-54,56-57,59-62H2,1-3H3,(H,73,80)/b10-7-,11-8+,17-14+,19-16-,23-20+,27-25-,30-29-,33-32-,41-26-,58-55+. The lowest BCUT2D eigenvalue weighted by Gasteiger charge is -2.41. The molecule has 0 bridgehead atoms. The first-order valence-electron chi connectivity index (χ1n) is 33.4. The third kappa shape index (κ3) is 46.0. The van der Waals surface area contributed by atoms with Gasteiger partial charge in [-0.05, 0) is 89.9 Å². The van der Waals surface area contributed by atoms with Crippen molar-refractivity contribution in [2.24, 2.45) is 0 Å². The van der Waals surface area contributed by atoms with E-state index in [1.807, 2.05) is 42.5 Å². The van der Waals surface area contributed by atoms with Gasteiger partial charge in [-0.25, -0.2) is 0 Å². The Hall–Kier alpha value is -3.94. The van der Waals surface area contributed by atoms with Gasteiger partial charge in [0.15, 0.2) is 12.4 Å². The summed E-state index contributed by atoms with van der Waals surface area (Å²) < 4.78 is 17.6. The van der Waals surface area contributed by atoms with Crippen LogP contribution in [-0.2, 0) is 23.8 Å². The molecule has 11 heteroatoms. The molecule has 1 fully saturated rings. The lowest BCUT2D eigenvalue weighted by Crippen LogP contribution is -2.61. The first-order valence-corrected chi connectivity index (χ1v) is 33.4. The molecule has 0 radical (unpaired) electrons. The number of hydrogen-bond donors (Lipinski definition) is 6. The largest absolute Gasteiger partial charge is 0.454 e. The summed E-state index contributed by atoms with van der Waals surface area (Å²) >= 11 is 0. The number of aliphatic hydroxyl groups is 5. The highest BCUT2D eigenvalue weighted by molar-refractivity contribution is 5.80. The van der Waals surface area contributed by atoms with Crippen LogP contribution in [-0.4, -0.2) is 99.6 Å². The highest BCUT2D eigenvalue weighted by Crippen LogP contribution is 2.26. The van der Waals surface area contributed by atoms with Crippen molar-refractivity contribution in [1.29, 1.82) is 0 Å². The number of amides is 1. The molecule has 0 saturated carbocycles. The van der Waals surface area contributed by atoms with E-state index < -0.39 is 67.4 Å². The van der Waals surface area contributed by atoms with E-state index in [2.05, 4.69) is 99.0 Å². The predicted octanol–water partition coefficient (Wildman–Crippen LogP) is 16.6. The van der Waals surface area contributed by atoms with Crippen molar-refractivity contribution in [3.05, 3.63) is 122 Å². The van der Waals surface area contributed by atoms with Crippen molar-refractivity contribution in [2.75, 3.05) is 13.2 Å². The molecule has 1 aliphatic rings. The van der Waals surface area contributed by atoms with Crippen LogP contribution >= 0.6 is 0 Å². The molecule has 11 nitrogen and oxygen atoms in total. The van der Waals surface area contributed by atoms with Crippen LogP contribution in [0.2, 0.25) is 0 Å². The van der Waals surface area contributed by atoms with Gasteiger partial charge in [0.1, 0.15) is 24.4 Å². The van der Waals surface area contributed by atoms with Gasteiger partial charge >= 0.3 is 5.97 Å². The van der Waals surface area contributed by atoms with Gasteiger partial charge in [0.05, 0.1) is 25.4 Å². The monoisotopic (exact) mass is 1160 g/mol. The number of esters is 1. The second-order valence-electron chi connectivity index (χ2n) is 22.5. The average molecular weight is 1160 g/mol. The Kier molecular flexibility index (Phi) is 54.3. The number of allylic oxidation sites excluding steroid dienone is 19. The van der Waals surface area contributed by atoms with Crippen molar-refractivity contribution in [1.82, 2.24) is 5.32 Å². The molecule has 0 aromatic heterocycles. The Morgan fingerprint density at radius 3 is 1.45 bits per heavy atom. The summed E-state index contributed by atoms with van der Waals surface area (Å²) in [6.45, 7) is 5.52. The van der Waals surface area contributed by atoms with E-state index in [4.69, 9.17) is 14.2 Å². The fourth-order valence-corrected chi connectivity index (χ4v) is 9.75. The molecular weight excluding hydrogens is 1040 g/mol. The summed E-state index contributed by atoms with van der Waals surface area (Å²) in [4.78, 5) is 26.6. The highest BCUT2D eigenvalue weighted by Gasteiger charge is 2.47. The number of carbonyl (C=O) groups is 2. The molecule has 0 spiro atoms. The number of unbranched alkanes of at least 4 members (excludes halogenated alkanes) is 26. The lowest BCUT2D eigenvalue weighted by atomic mass is 9.99. The van der Waals surface area contributed by atoms with E-state index in [0.717, 1.165) is 122 Å². The summed E-state index contributed by atoms with van der Waals surface area (Å²) in [7, 11) is 0. The van der Waals surface area contributed by atoms with Crippen LogP contribution in [0.5, 0.6) is 0 Å². The Labute approximate surface area is 506 Å². The Balaban J connectivity index is 2.60. The van der Waals surface area contributed by atoms with E-state index >= 15 is 0 Å². The van der Waals surface area contributed by atoms with Gasteiger partial charge < -0.3 is 45.1 Å². The first-order chi connectivity index (χ1) is 40.7. The van der Waals surface area contributed by atoms with Gasteiger partial charge in [-0.15, -0.1) is 0 Å². The third-order valence-corrected chi connectivity index (χ3v) is 15.0. The van der Waals surface area contributed by atoms with Crippen LogP contribution < -0.4 is 5.32 Å². The summed E-state index contributed by atoms with van der Waals surface area (Å²) in [5.41, 5.74) is 0. The van der Waals surface area contributed by atoms with E-state index in [1.165, 1.54) is 89.9 Å². The van der Waals surface area contributed by atoms with Gasteiger partial charge in [0, 0.05) is 6.42 Å². The second kappa shape index (κ2) is 58.4. The predicted molar refractivity (Wildman–Crippen MR) is 347 cm³/mol.